The van der Waals surface area contributed by atoms with Crippen LogP contribution in [0.4, 0.5) is 16.3 Å². The number of nitrogens with zero attached hydrogens (tertiary/aromatic N) is 3. The highest BCUT2D eigenvalue weighted by Gasteiger charge is 2.30. The lowest BCUT2D eigenvalue weighted by Crippen LogP contribution is -2.49. The van der Waals surface area contributed by atoms with E-state index in [1.165, 1.54) is 0 Å². The van der Waals surface area contributed by atoms with Crippen molar-refractivity contribution in [3.05, 3.63) is 71.9 Å². The molecule has 156 valence electrons. The Balaban J connectivity index is 1.44. The second-order valence-corrected chi connectivity index (χ2v) is 8.60. The Morgan fingerprint density at radius 3 is 2.37 bits per heavy atom. The number of H-pyrrole nitrogens is 1. The molecule has 30 heavy (non-hydrogen) atoms. The molecule has 0 radical (unpaired) electrons. The number of nitrogens with one attached hydrogen (secondary N) is 1. The molecule has 0 aliphatic carbocycles. The molecule has 1 aliphatic rings. The number of benzene rings is 2. The van der Waals surface area contributed by atoms with Gasteiger partial charge < -0.3 is 4.74 Å². The molecule has 6 nitrogen and oxygen atoms in total. The zero-order valence-corrected chi connectivity index (χ0v) is 17.8. The molecule has 4 rings (SSSR count). The minimum atomic E-state index is -0.0498. The average molecular weight is 405 g/mol. The summed E-state index contributed by atoms with van der Waals surface area (Å²) in [6.07, 6.45) is 0.885. The van der Waals surface area contributed by atoms with Crippen LogP contribution in [0.2, 0.25) is 0 Å². The van der Waals surface area contributed by atoms with Gasteiger partial charge in [-0.15, -0.1) is 0 Å². The van der Waals surface area contributed by atoms with Crippen molar-refractivity contribution >= 4 is 17.5 Å². The third-order valence-electron chi connectivity index (χ3n) is 5.27. The monoisotopic (exact) mass is 404 g/mol. The third-order valence-corrected chi connectivity index (χ3v) is 5.27. The van der Waals surface area contributed by atoms with E-state index in [0.717, 1.165) is 29.1 Å². The van der Waals surface area contributed by atoms with Crippen LogP contribution in [0.5, 0.6) is 5.75 Å². The Bertz CT molecular complexity index is 990. The fraction of sp³-hybridized carbons (Fsp3) is 0.333. The van der Waals surface area contributed by atoms with E-state index in [1.54, 1.807) is 9.80 Å². The first-order chi connectivity index (χ1) is 14.4. The normalized spacial score (nSPS) is 14.8. The van der Waals surface area contributed by atoms with E-state index < -0.39 is 0 Å². The van der Waals surface area contributed by atoms with Gasteiger partial charge in [-0.25, -0.2) is 4.79 Å². The summed E-state index contributed by atoms with van der Waals surface area (Å²) < 4.78 is 5.86. The second kappa shape index (κ2) is 8.22. The summed E-state index contributed by atoms with van der Waals surface area (Å²) in [4.78, 5) is 16.7. The Labute approximate surface area is 177 Å². The largest absolute Gasteiger partial charge is 0.489 e. The molecule has 2 amide bonds. The van der Waals surface area contributed by atoms with Crippen molar-refractivity contribution in [3.8, 4) is 5.75 Å². The van der Waals surface area contributed by atoms with Crippen LogP contribution >= 0.6 is 0 Å². The van der Waals surface area contributed by atoms with Crippen molar-refractivity contribution in [2.24, 2.45) is 0 Å². The molecule has 1 N–H and O–H groups in total. The van der Waals surface area contributed by atoms with Crippen LogP contribution in [-0.4, -0.2) is 29.3 Å². The molecule has 2 heterocycles. The zero-order chi connectivity index (χ0) is 21.1. The highest BCUT2D eigenvalue weighted by Crippen LogP contribution is 2.28. The molecule has 1 fully saturated rings. The molecule has 2 aromatic carbocycles. The molecule has 6 heteroatoms. The van der Waals surface area contributed by atoms with E-state index in [4.69, 9.17) is 4.74 Å². The number of rotatable bonds is 5. The summed E-state index contributed by atoms with van der Waals surface area (Å²) in [5.74, 6) is 1.46. The lowest BCUT2D eigenvalue weighted by atomic mass is 9.92. The molecule has 0 saturated carbocycles. The Morgan fingerprint density at radius 2 is 1.70 bits per heavy atom. The molecule has 3 aromatic rings. The molecular weight excluding hydrogens is 376 g/mol. The van der Waals surface area contributed by atoms with Gasteiger partial charge in [-0.2, -0.15) is 5.10 Å². The van der Waals surface area contributed by atoms with Gasteiger partial charge in [-0.3, -0.25) is 14.9 Å². The standard InChI is InChI=1S/C24H28N4O2/c1-24(2,3)21-16-22(26-25-21)28-15-7-14-27(23(28)29)19-10-12-20(13-11-19)30-17-18-8-5-4-6-9-18/h4-6,8-13,16H,7,14-15,17H2,1-3H3,(H,25,26). The van der Waals surface area contributed by atoms with Gasteiger partial charge in [-0.1, -0.05) is 51.1 Å². The molecule has 1 aromatic heterocycles. The van der Waals surface area contributed by atoms with Crippen molar-refractivity contribution in [1.29, 1.82) is 0 Å². The summed E-state index contributed by atoms with van der Waals surface area (Å²) >= 11 is 0. The van der Waals surface area contributed by atoms with Crippen molar-refractivity contribution in [2.75, 3.05) is 22.9 Å². The molecular formula is C24H28N4O2. The van der Waals surface area contributed by atoms with Crippen LogP contribution in [0.25, 0.3) is 0 Å². The number of urea groups is 1. The number of amides is 2. The first-order valence-electron chi connectivity index (χ1n) is 10.3. The van der Waals surface area contributed by atoms with Crippen molar-refractivity contribution in [1.82, 2.24) is 10.2 Å². The van der Waals surface area contributed by atoms with Gasteiger partial charge in [0.2, 0.25) is 0 Å². The number of ether oxygens (including phenoxy) is 1. The first kappa shape index (κ1) is 20.0. The fourth-order valence-corrected chi connectivity index (χ4v) is 3.47. The number of carbonyl (C=O) groups is 1. The van der Waals surface area contributed by atoms with Gasteiger partial charge in [0.05, 0.1) is 0 Å². The molecule has 0 bridgehead atoms. The summed E-state index contributed by atoms with van der Waals surface area (Å²) in [5, 5.41) is 7.46. The number of anilines is 2. The predicted octanol–water partition coefficient (Wildman–Crippen LogP) is 5.12. The minimum Gasteiger partial charge on any atom is -0.489 e. The van der Waals surface area contributed by atoms with Gasteiger partial charge >= 0.3 is 6.03 Å². The number of hydrogen-bond donors (Lipinski definition) is 1. The zero-order valence-electron chi connectivity index (χ0n) is 17.8. The van der Waals surface area contributed by atoms with Gasteiger partial charge in [0, 0.05) is 36.0 Å². The predicted molar refractivity (Wildman–Crippen MR) is 119 cm³/mol. The lowest BCUT2D eigenvalue weighted by Gasteiger charge is -2.34. The molecule has 1 aliphatic heterocycles. The van der Waals surface area contributed by atoms with Crippen LogP contribution in [0, 0.1) is 0 Å². The van der Waals surface area contributed by atoms with Crippen LogP contribution in [-0.2, 0) is 12.0 Å². The summed E-state index contributed by atoms with van der Waals surface area (Å²) in [6, 6.07) is 19.7. The number of aromatic amines is 1. The maximum Gasteiger partial charge on any atom is 0.330 e. The summed E-state index contributed by atoms with van der Waals surface area (Å²) in [6.45, 7) is 8.24. The first-order valence-corrected chi connectivity index (χ1v) is 10.3. The van der Waals surface area contributed by atoms with E-state index >= 15 is 0 Å². The maximum atomic E-state index is 13.1. The minimum absolute atomic E-state index is 0.0423. The Hall–Kier alpha value is -3.28. The van der Waals surface area contributed by atoms with Crippen LogP contribution in [0.15, 0.2) is 60.7 Å². The van der Waals surface area contributed by atoms with E-state index in [-0.39, 0.29) is 11.4 Å². The lowest BCUT2D eigenvalue weighted by molar-refractivity contribution is 0.248. The number of aromatic nitrogens is 2. The van der Waals surface area contributed by atoms with Crippen molar-refractivity contribution in [2.45, 2.75) is 39.2 Å². The Morgan fingerprint density at radius 1 is 1.00 bits per heavy atom. The Kier molecular flexibility index (Phi) is 5.48. The van der Waals surface area contributed by atoms with Crippen molar-refractivity contribution in [3.63, 3.8) is 0 Å². The second-order valence-electron chi connectivity index (χ2n) is 8.60. The molecule has 0 atom stereocenters. The van der Waals surface area contributed by atoms with Crippen LogP contribution in [0.1, 0.15) is 38.4 Å². The van der Waals surface area contributed by atoms with E-state index in [2.05, 4.69) is 31.0 Å². The van der Waals surface area contributed by atoms with Crippen LogP contribution < -0.4 is 14.5 Å². The average Bonchev–Trinajstić information content (AvgIpc) is 3.24. The van der Waals surface area contributed by atoms with Gasteiger partial charge in [0.15, 0.2) is 5.82 Å². The summed E-state index contributed by atoms with van der Waals surface area (Å²) in [7, 11) is 0. The van der Waals surface area contributed by atoms with Gasteiger partial charge in [-0.05, 0) is 36.2 Å². The number of carbonyl (C=O) groups excluding carboxylic acids is 1. The molecule has 0 spiro atoms. The SMILES string of the molecule is CC(C)(C)c1cc(N2CCCN(c3ccc(OCc4ccccc4)cc3)C2=O)n[nH]1. The molecule has 1 saturated heterocycles. The van der Waals surface area contributed by atoms with E-state index in [9.17, 15) is 4.79 Å². The van der Waals surface area contributed by atoms with E-state index in [1.807, 2.05) is 60.7 Å². The smallest absolute Gasteiger partial charge is 0.330 e. The topological polar surface area (TPSA) is 61.5 Å². The number of hydrogen-bond acceptors (Lipinski definition) is 3. The van der Waals surface area contributed by atoms with E-state index in [0.29, 0.717) is 25.5 Å². The third kappa shape index (κ3) is 4.32. The van der Waals surface area contributed by atoms with Gasteiger partial charge in [0.25, 0.3) is 0 Å². The highest BCUT2D eigenvalue weighted by atomic mass is 16.5. The van der Waals surface area contributed by atoms with Crippen LogP contribution in [0.3, 0.4) is 0 Å². The highest BCUT2D eigenvalue weighted by molar-refractivity contribution is 6.03. The summed E-state index contributed by atoms with van der Waals surface area (Å²) in [5.41, 5.74) is 2.96. The maximum absolute atomic E-state index is 13.1. The van der Waals surface area contributed by atoms with Crippen molar-refractivity contribution < 1.29 is 9.53 Å². The fourth-order valence-electron chi connectivity index (χ4n) is 3.47. The van der Waals surface area contributed by atoms with Gasteiger partial charge in [0.1, 0.15) is 12.4 Å². The quantitative estimate of drug-likeness (QED) is 0.642. The molecule has 0 unspecified atom stereocenters.